The number of ether oxygens (including phenoxy) is 2. The molecular weight excluding hydrogens is 310 g/mol. The smallest absolute Gasteiger partial charge is 0.237 e. The van der Waals surface area contributed by atoms with Crippen molar-refractivity contribution in [2.75, 3.05) is 19.5 Å². The topological polar surface area (TPSA) is 47.6 Å². The van der Waals surface area contributed by atoms with Crippen LogP contribution in [0, 0.1) is 6.92 Å². The molecule has 0 radical (unpaired) electrons. The molecule has 0 aliphatic heterocycles. The molecule has 0 saturated carbocycles. The molecule has 0 aromatic heterocycles. The van der Waals surface area contributed by atoms with Gasteiger partial charge in [-0.1, -0.05) is 12.1 Å². The van der Waals surface area contributed by atoms with Crippen LogP contribution in [0.15, 0.2) is 47.4 Å². The fourth-order valence-corrected chi connectivity index (χ4v) is 3.01. The van der Waals surface area contributed by atoms with E-state index >= 15 is 0 Å². The van der Waals surface area contributed by atoms with Crippen molar-refractivity contribution in [3.05, 3.63) is 48.0 Å². The van der Waals surface area contributed by atoms with E-state index in [1.165, 1.54) is 11.8 Å². The third kappa shape index (κ3) is 4.66. The molecule has 5 heteroatoms. The molecule has 0 fully saturated rings. The highest BCUT2D eigenvalue weighted by atomic mass is 32.2. The summed E-state index contributed by atoms with van der Waals surface area (Å²) in [5.74, 6) is 1.30. The summed E-state index contributed by atoms with van der Waals surface area (Å²) in [5.41, 5.74) is 1.93. The minimum absolute atomic E-state index is 0.0321. The Hall–Kier alpha value is -2.14. The Labute approximate surface area is 141 Å². The molecule has 0 heterocycles. The van der Waals surface area contributed by atoms with Crippen LogP contribution in [0.25, 0.3) is 0 Å². The van der Waals surface area contributed by atoms with Crippen LogP contribution < -0.4 is 14.8 Å². The largest absolute Gasteiger partial charge is 0.493 e. The molecule has 4 nitrogen and oxygen atoms in total. The Morgan fingerprint density at radius 3 is 2.48 bits per heavy atom. The van der Waals surface area contributed by atoms with Crippen molar-refractivity contribution in [1.29, 1.82) is 0 Å². The van der Waals surface area contributed by atoms with E-state index in [0.717, 1.165) is 16.1 Å². The van der Waals surface area contributed by atoms with Gasteiger partial charge in [0, 0.05) is 10.6 Å². The molecule has 0 bridgehead atoms. The van der Waals surface area contributed by atoms with Gasteiger partial charge in [-0.25, -0.2) is 0 Å². The molecule has 1 unspecified atom stereocenters. The molecule has 2 aromatic carbocycles. The number of nitrogens with one attached hydrogen (secondary N) is 1. The zero-order valence-corrected chi connectivity index (χ0v) is 14.6. The SMILES string of the molecule is COc1ccc(SC(C)C(=O)Nc2cccc(C)c2)cc1OC. The van der Waals surface area contributed by atoms with Crippen LogP contribution in [0.3, 0.4) is 0 Å². The van der Waals surface area contributed by atoms with E-state index in [1.54, 1.807) is 14.2 Å². The summed E-state index contributed by atoms with van der Waals surface area (Å²) in [7, 11) is 3.20. The summed E-state index contributed by atoms with van der Waals surface area (Å²) in [6.45, 7) is 3.88. The molecule has 1 atom stereocenters. The molecular formula is C18H21NO3S. The van der Waals surface area contributed by atoms with E-state index in [2.05, 4.69) is 5.32 Å². The Bertz CT molecular complexity index is 688. The first-order valence-corrected chi connectivity index (χ1v) is 8.17. The van der Waals surface area contributed by atoms with Gasteiger partial charge in [-0.05, 0) is 49.7 Å². The quantitative estimate of drug-likeness (QED) is 0.809. The molecule has 2 aromatic rings. The lowest BCUT2D eigenvalue weighted by atomic mass is 10.2. The van der Waals surface area contributed by atoms with Gasteiger partial charge in [-0.2, -0.15) is 0 Å². The van der Waals surface area contributed by atoms with Gasteiger partial charge < -0.3 is 14.8 Å². The van der Waals surface area contributed by atoms with Gasteiger partial charge in [0.1, 0.15) is 0 Å². The Balaban J connectivity index is 2.03. The van der Waals surface area contributed by atoms with Gasteiger partial charge >= 0.3 is 0 Å². The molecule has 1 N–H and O–H groups in total. The average molecular weight is 331 g/mol. The van der Waals surface area contributed by atoms with Crippen molar-refractivity contribution in [3.63, 3.8) is 0 Å². The van der Waals surface area contributed by atoms with Crippen molar-refractivity contribution in [1.82, 2.24) is 0 Å². The van der Waals surface area contributed by atoms with Crippen LogP contribution in [0.5, 0.6) is 11.5 Å². The molecule has 0 aliphatic carbocycles. The average Bonchev–Trinajstić information content (AvgIpc) is 2.54. The first-order chi connectivity index (χ1) is 11.0. The van der Waals surface area contributed by atoms with Crippen LogP contribution >= 0.6 is 11.8 Å². The highest BCUT2D eigenvalue weighted by Gasteiger charge is 2.16. The molecule has 23 heavy (non-hydrogen) atoms. The van der Waals surface area contributed by atoms with Crippen LogP contribution in [-0.2, 0) is 4.79 Å². The monoisotopic (exact) mass is 331 g/mol. The van der Waals surface area contributed by atoms with E-state index in [9.17, 15) is 4.79 Å². The molecule has 0 spiro atoms. The van der Waals surface area contributed by atoms with Crippen molar-refractivity contribution < 1.29 is 14.3 Å². The second-order valence-electron chi connectivity index (χ2n) is 5.14. The second-order valence-corrected chi connectivity index (χ2v) is 6.55. The van der Waals surface area contributed by atoms with Gasteiger partial charge in [0.05, 0.1) is 19.5 Å². The van der Waals surface area contributed by atoms with E-state index in [0.29, 0.717) is 11.5 Å². The molecule has 122 valence electrons. The Morgan fingerprint density at radius 2 is 1.83 bits per heavy atom. The van der Waals surface area contributed by atoms with E-state index in [4.69, 9.17) is 9.47 Å². The van der Waals surface area contributed by atoms with Gasteiger partial charge in [0.2, 0.25) is 5.91 Å². The summed E-state index contributed by atoms with van der Waals surface area (Å²) in [6, 6.07) is 13.4. The summed E-state index contributed by atoms with van der Waals surface area (Å²) in [6.07, 6.45) is 0. The number of carbonyl (C=O) groups excluding carboxylic acids is 1. The number of benzene rings is 2. The van der Waals surface area contributed by atoms with Crippen molar-refractivity contribution in [2.24, 2.45) is 0 Å². The number of methoxy groups -OCH3 is 2. The number of rotatable bonds is 6. The second kappa shape index (κ2) is 7.92. The van der Waals surface area contributed by atoms with Crippen molar-refractivity contribution in [3.8, 4) is 11.5 Å². The lowest BCUT2D eigenvalue weighted by Crippen LogP contribution is -2.22. The first-order valence-electron chi connectivity index (χ1n) is 7.29. The van der Waals surface area contributed by atoms with Crippen LogP contribution in [0.2, 0.25) is 0 Å². The minimum Gasteiger partial charge on any atom is -0.493 e. The van der Waals surface area contributed by atoms with Gasteiger partial charge in [-0.15, -0.1) is 11.8 Å². The zero-order valence-electron chi connectivity index (χ0n) is 13.8. The lowest BCUT2D eigenvalue weighted by Gasteiger charge is -2.14. The summed E-state index contributed by atoms with van der Waals surface area (Å²) in [5, 5.41) is 2.71. The molecule has 2 rings (SSSR count). The first kappa shape index (κ1) is 17.2. The number of hydrogen-bond donors (Lipinski definition) is 1. The number of amides is 1. The normalized spacial score (nSPS) is 11.7. The third-order valence-electron chi connectivity index (χ3n) is 3.32. The maximum absolute atomic E-state index is 12.3. The third-order valence-corrected chi connectivity index (χ3v) is 4.42. The zero-order chi connectivity index (χ0) is 16.8. The highest BCUT2D eigenvalue weighted by Crippen LogP contribution is 2.33. The van der Waals surface area contributed by atoms with Gasteiger partial charge in [0.25, 0.3) is 0 Å². The molecule has 0 saturated heterocycles. The van der Waals surface area contributed by atoms with Gasteiger partial charge in [0.15, 0.2) is 11.5 Å². The molecule has 1 amide bonds. The fraction of sp³-hybridized carbons (Fsp3) is 0.278. The minimum atomic E-state index is -0.228. The van der Waals surface area contributed by atoms with Crippen LogP contribution in [-0.4, -0.2) is 25.4 Å². The van der Waals surface area contributed by atoms with Gasteiger partial charge in [-0.3, -0.25) is 4.79 Å². The summed E-state index contributed by atoms with van der Waals surface area (Å²) >= 11 is 1.48. The summed E-state index contributed by atoms with van der Waals surface area (Å²) in [4.78, 5) is 13.3. The van der Waals surface area contributed by atoms with Crippen LogP contribution in [0.1, 0.15) is 12.5 Å². The highest BCUT2D eigenvalue weighted by molar-refractivity contribution is 8.00. The Kier molecular flexibility index (Phi) is 5.93. The predicted octanol–water partition coefficient (Wildman–Crippen LogP) is 4.13. The number of carbonyl (C=O) groups is 1. The van der Waals surface area contributed by atoms with Crippen molar-refractivity contribution in [2.45, 2.75) is 24.0 Å². The standard InChI is InChI=1S/C18H21NO3S/c1-12-6-5-7-14(10-12)19-18(20)13(2)23-15-8-9-16(21-3)17(11-15)22-4/h5-11,13H,1-4H3,(H,19,20). The van der Waals surface area contributed by atoms with E-state index in [-0.39, 0.29) is 11.2 Å². The fourth-order valence-electron chi connectivity index (χ4n) is 2.11. The van der Waals surface area contributed by atoms with Crippen molar-refractivity contribution >= 4 is 23.4 Å². The maximum Gasteiger partial charge on any atom is 0.237 e. The number of anilines is 1. The van der Waals surface area contributed by atoms with E-state index in [1.807, 2.05) is 56.3 Å². The molecule has 0 aliphatic rings. The van der Waals surface area contributed by atoms with E-state index < -0.39 is 0 Å². The number of hydrogen-bond acceptors (Lipinski definition) is 4. The Morgan fingerprint density at radius 1 is 1.09 bits per heavy atom. The maximum atomic E-state index is 12.3. The summed E-state index contributed by atoms with van der Waals surface area (Å²) < 4.78 is 10.5. The predicted molar refractivity (Wildman–Crippen MR) is 94.7 cm³/mol. The lowest BCUT2D eigenvalue weighted by molar-refractivity contribution is -0.115. The number of thioether (sulfide) groups is 1. The number of aryl methyl sites for hydroxylation is 1. The van der Waals surface area contributed by atoms with Crippen LogP contribution in [0.4, 0.5) is 5.69 Å².